The van der Waals surface area contributed by atoms with E-state index in [0.29, 0.717) is 17.2 Å². The normalized spacial score (nSPS) is 11.2. The lowest BCUT2D eigenvalue weighted by Gasteiger charge is -2.20. The summed E-state index contributed by atoms with van der Waals surface area (Å²) < 4.78 is 40.3. The van der Waals surface area contributed by atoms with Gasteiger partial charge in [0.05, 0.1) is 32.3 Å². The van der Waals surface area contributed by atoms with Crippen LogP contribution >= 0.6 is 0 Å². The molecule has 0 aromatic heterocycles. The van der Waals surface area contributed by atoms with E-state index in [9.17, 15) is 8.42 Å². The van der Waals surface area contributed by atoms with Gasteiger partial charge in [-0.3, -0.25) is 4.31 Å². The largest absolute Gasteiger partial charge is 0.493 e. The molecule has 19 heavy (non-hydrogen) atoms. The van der Waals surface area contributed by atoms with E-state index in [2.05, 4.69) is 0 Å². The van der Waals surface area contributed by atoms with Gasteiger partial charge in [0.2, 0.25) is 10.0 Å². The van der Waals surface area contributed by atoms with E-state index in [4.69, 9.17) is 14.2 Å². The maximum absolute atomic E-state index is 12.0. The minimum Gasteiger partial charge on any atom is -0.493 e. The number of benzene rings is 1. The first-order valence-electron chi connectivity index (χ1n) is 5.64. The highest BCUT2D eigenvalue weighted by Gasteiger charge is 2.19. The Kier molecular flexibility index (Phi) is 5.44. The molecule has 1 aromatic carbocycles. The molecule has 0 aliphatic heterocycles. The van der Waals surface area contributed by atoms with Gasteiger partial charge in [-0.15, -0.1) is 0 Å². The maximum atomic E-state index is 12.0. The number of hydrogen-bond donors (Lipinski definition) is 0. The summed E-state index contributed by atoms with van der Waals surface area (Å²) in [6.45, 7) is 0.153. The predicted octanol–water partition coefficient (Wildman–Crippen LogP) is 1.12. The van der Waals surface area contributed by atoms with Crippen molar-refractivity contribution >= 4 is 15.7 Å². The van der Waals surface area contributed by atoms with Crippen LogP contribution in [0, 0.1) is 0 Å². The van der Waals surface area contributed by atoms with Crippen molar-refractivity contribution in [3.63, 3.8) is 0 Å². The van der Waals surface area contributed by atoms with E-state index in [1.165, 1.54) is 32.7 Å². The molecule has 1 aromatic rings. The van der Waals surface area contributed by atoms with E-state index < -0.39 is 10.0 Å². The van der Waals surface area contributed by atoms with Crippen molar-refractivity contribution in [2.75, 3.05) is 45.0 Å². The number of nitrogens with zero attached hydrogens (tertiary/aromatic N) is 1. The molecule has 0 unspecified atom stereocenters. The van der Waals surface area contributed by atoms with Gasteiger partial charge in [0.15, 0.2) is 11.5 Å². The molecule has 0 heterocycles. The molecule has 1 rings (SSSR count). The third-order valence-corrected chi connectivity index (χ3v) is 4.42. The van der Waals surface area contributed by atoms with Gasteiger partial charge in [-0.2, -0.15) is 0 Å². The van der Waals surface area contributed by atoms with Crippen LogP contribution in [0.3, 0.4) is 0 Å². The van der Waals surface area contributed by atoms with Gasteiger partial charge in [0.1, 0.15) is 0 Å². The molecule has 0 bridgehead atoms. The van der Waals surface area contributed by atoms with Gasteiger partial charge in [-0.1, -0.05) is 0 Å². The first-order valence-corrected chi connectivity index (χ1v) is 7.24. The molecular formula is C12H19NO5S. The molecule has 6 nitrogen and oxygen atoms in total. The first-order chi connectivity index (χ1) is 8.96. The summed E-state index contributed by atoms with van der Waals surface area (Å²) in [5.74, 6) is 0.955. The summed E-state index contributed by atoms with van der Waals surface area (Å²) in [7, 11) is 2.57. The Morgan fingerprint density at radius 3 is 2.26 bits per heavy atom. The van der Waals surface area contributed by atoms with Gasteiger partial charge >= 0.3 is 0 Å². The minimum absolute atomic E-state index is 0.0751. The van der Waals surface area contributed by atoms with Crippen LogP contribution in [0.25, 0.3) is 0 Å². The molecule has 0 aliphatic rings. The summed E-state index contributed by atoms with van der Waals surface area (Å²) in [5.41, 5.74) is 0.508. The van der Waals surface area contributed by atoms with Gasteiger partial charge in [0, 0.05) is 20.2 Å². The van der Waals surface area contributed by atoms with Crippen LogP contribution in [0.15, 0.2) is 18.2 Å². The van der Waals surface area contributed by atoms with Gasteiger partial charge in [-0.25, -0.2) is 8.42 Å². The highest BCUT2D eigenvalue weighted by atomic mass is 32.2. The molecule has 0 amide bonds. The van der Waals surface area contributed by atoms with E-state index in [-0.39, 0.29) is 12.4 Å². The van der Waals surface area contributed by atoms with Crippen LogP contribution in [0.4, 0.5) is 5.69 Å². The third kappa shape index (κ3) is 3.74. The molecular weight excluding hydrogens is 270 g/mol. The first kappa shape index (κ1) is 15.6. The highest BCUT2D eigenvalue weighted by Crippen LogP contribution is 2.31. The third-order valence-electron chi connectivity index (χ3n) is 2.69. The Morgan fingerprint density at radius 2 is 1.74 bits per heavy atom. The monoisotopic (exact) mass is 289 g/mol. The fraction of sp³-hybridized carbons (Fsp3) is 0.500. The van der Waals surface area contributed by atoms with Crippen molar-refractivity contribution in [3.8, 4) is 11.5 Å². The molecule has 0 saturated heterocycles. The van der Waals surface area contributed by atoms with Crippen LogP contribution in [-0.2, 0) is 14.8 Å². The van der Waals surface area contributed by atoms with Crippen molar-refractivity contribution in [2.24, 2.45) is 0 Å². The molecule has 7 heteroatoms. The molecule has 0 radical (unpaired) electrons. The lowest BCUT2D eigenvalue weighted by Crippen LogP contribution is -2.30. The Bertz CT molecular complexity index is 515. The second-order valence-corrected chi connectivity index (χ2v) is 5.94. The second-order valence-electron chi connectivity index (χ2n) is 3.82. The van der Waals surface area contributed by atoms with Crippen molar-refractivity contribution in [1.29, 1.82) is 0 Å². The van der Waals surface area contributed by atoms with E-state index in [0.717, 1.165) is 0 Å². The van der Waals surface area contributed by atoms with Gasteiger partial charge in [-0.05, 0) is 12.1 Å². The standard InChI is InChI=1S/C12H19NO5S/c1-13(19(14,15)8-7-16-2)10-5-6-11(17-3)12(9-10)18-4/h5-6,9H,7-8H2,1-4H3. The zero-order valence-electron chi connectivity index (χ0n) is 11.5. The number of anilines is 1. The SMILES string of the molecule is COCCS(=O)(=O)N(C)c1ccc(OC)c(OC)c1. The fourth-order valence-electron chi connectivity index (χ4n) is 1.51. The summed E-state index contributed by atoms with van der Waals surface area (Å²) in [6.07, 6.45) is 0. The fourth-order valence-corrected chi connectivity index (χ4v) is 2.59. The van der Waals surface area contributed by atoms with Crippen molar-refractivity contribution < 1.29 is 22.6 Å². The Labute approximate surface area is 113 Å². The topological polar surface area (TPSA) is 65.1 Å². The summed E-state index contributed by atoms with van der Waals surface area (Å²) in [5, 5.41) is 0. The Morgan fingerprint density at radius 1 is 1.11 bits per heavy atom. The van der Waals surface area contributed by atoms with Crippen LogP contribution in [0.5, 0.6) is 11.5 Å². The lowest BCUT2D eigenvalue weighted by atomic mass is 10.3. The summed E-state index contributed by atoms with van der Waals surface area (Å²) in [4.78, 5) is 0. The van der Waals surface area contributed by atoms with E-state index >= 15 is 0 Å². The van der Waals surface area contributed by atoms with Crippen molar-refractivity contribution in [3.05, 3.63) is 18.2 Å². The smallest absolute Gasteiger partial charge is 0.237 e. The molecule has 108 valence electrons. The van der Waals surface area contributed by atoms with Crippen LogP contribution in [-0.4, -0.2) is 49.2 Å². The number of hydrogen-bond acceptors (Lipinski definition) is 5. The Balaban J connectivity index is 3.03. The predicted molar refractivity (Wildman–Crippen MR) is 73.6 cm³/mol. The quantitative estimate of drug-likeness (QED) is 0.752. The van der Waals surface area contributed by atoms with Crippen LogP contribution in [0.1, 0.15) is 0 Å². The van der Waals surface area contributed by atoms with Crippen LogP contribution < -0.4 is 13.8 Å². The maximum Gasteiger partial charge on any atom is 0.237 e. The van der Waals surface area contributed by atoms with E-state index in [1.807, 2.05) is 0 Å². The lowest BCUT2D eigenvalue weighted by molar-refractivity contribution is 0.217. The number of ether oxygens (including phenoxy) is 3. The molecule has 0 N–H and O–H groups in total. The molecule has 0 saturated carbocycles. The van der Waals surface area contributed by atoms with Crippen molar-refractivity contribution in [2.45, 2.75) is 0 Å². The van der Waals surface area contributed by atoms with Gasteiger partial charge < -0.3 is 14.2 Å². The molecule has 0 spiro atoms. The summed E-state index contributed by atoms with van der Waals surface area (Å²) in [6, 6.07) is 4.94. The van der Waals surface area contributed by atoms with Crippen molar-refractivity contribution in [1.82, 2.24) is 0 Å². The zero-order valence-corrected chi connectivity index (χ0v) is 12.4. The minimum atomic E-state index is -3.41. The highest BCUT2D eigenvalue weighted by molar-refractivity contribution is 7.92. The average molecular weight is 289 g/mol. The molecule has 0 aliphatic carbocycles. The molecule has 0 fully saturated rings. The van der Waals surface area contributed by atoms with E-state index in [1.54, 1.807) is 18.2 Å². The average Bonchev–Trinajstić information content (AvgIpc) is 2.43. The number of rotatable bonds is 7. The number of sulfonamides is 1. The number of methoxy groups -OCH3 is 3. The van der Waals surface area contributed by atoms with Gasteiger partial charge in [0.25, 0.3) is 0 Å². The summed E-state index contributed by atoms with van der Waals surface area (Å²) >= 11 is 0. The molecule has 0 atom stereocenters. The second kappa shape index (κ2) is 6.63. The Hall–Kier alpha value is -1.47. The zero-order chi connectivity index (χ0) is 14.5. The van der Waals surface area contributed by atoms with Crippen LogP contribution in [0.2, 0.25) is 0 Å².